The second-order valence-corrected chi connectivity index (χ2v) is 5.52. The Bertz CT molecular complexity index is 371. The van der Waals surface area contributed by atoms with Crippen LogP contribution >= 0.6 is 0 Å². The van der Waals surface area contributed by atoms with Gasteiger partial charge in [-0.1, -0.05) is 20.8 Å². The molecule has 5 nitrogen and oxygen atoms in total. The molecule has 0 bridgehead atoms. The number of aliphatic hydroxyl groups is 1. The number of nitrogens with one attached hydrogen (secondary N) is 2. The van der Waals surface area contributed by atoms with Crippen LogP contribution in [-0.4, -0.2) is 40.3 Å². The Hall–Kier alpha value is -1.20. The molecule has 1 aliphatic heterocycles. The molecule has 1 aliphatic rings. The van der Waals surface area contributed by atoms with E-state index in [4.69, 9.17) is 0 Å². The monoisotopic (exact) mass is 236 g/mol. The van der Waals surface area contributed by atoms with Gasteiger partial charge in [-0.3, -0.25) is 0 Å². The predicted molar refractivity (Wildman–Crippen MR) is 67.0 cm³/mol. The minimum atomic E-state index is -0.374. The maximum absolute atomic E-state index is 9.65. The van der Waals surface area contributed by atoms with E-state index in [1.165, 1.54) is 0 Å². The molecule has 1 fully saturated rings. The van der Waals surface area contributed by atoms with Gasteiger partial charge in [0.1, 0.15) is 0 Å². The third kappa shape index (κ3) is 2.92. The lowest BCUT2D eigenvalue weighted by molar-refractivity contribution is 0.185. The van der Waals surface area contributed by atoms with Crippen molar-refractivity contribution >= 4 is 5.95 Å². The van der Waals surface area contributed by atoms with Gasteiger partial charge in [0.25, 0.3) is 0 Å². The molecule has 0 radical (unpaired) electrons. The number of hydrogen-bond donors (Lipinski definition) is 3. The fourth-order valence-corrected chi connectivity index (χ4v) is 1.77. The van der Waals surface area contributed by atoms with E-state index in [1.807, 2.05) is 12.4 Å². The van der Waals surface area contributed by atoms with Gasteiger partial charge in [0.15, 0.2) is 0 Å². The smallest absolute Gasteiger partial charge is 0.222 e. The summed E-state index contributed by atoms with van der Waals surface area (Å²) in [6, 6.07) is -0.00418. The molecule has 1 saturated heterocycles. The highest BCUT2D eigenvalue weighted by atomic mass is 16.3. The van der Waals surface area contributed by atoms with Gasteiger partial charge in [-0.05, 0) is 11.0 Å². The van der Waals surface area contributed by atoms with E-state index in [1.54, 1.807) is 0 Å². The minimum absolute atomic E-state index is 0.00418. The van der Waals surface area contributed by atoms with Crippen molar-refractivity contribution < 1.29 is 5.11 Å². The quantitative estimate of drug-likeness (QED) is 0.698. The van der Waals surface area contributed by atoms with E-state index < -0.39 is 0 Å². The van der Waals surface area contributed by atoms with E-state index in [2.05, 4.69) is 41.4 Å². The van der Waals surface area contributed by atoms with Crippen LogP contribution in [-0.2, 0) is 5.41 Å². The molecular formula is C12H20N4O. The van der Waals surface area contributed by atoms with Crippen molar-refractivity contribution in [3.63, 3.8) is 0 Å². The number of nitrogens with zero attached hydrogens (tertiary/aromatic N) is 2. The molecule has 0 spiro atoms. The molecule has 0 saturated carbocycles. The normalized spacial score (nSPS) is 24.9. The average Bonchev–Trinajstić information content (AvgIpc) is 2.64. The zero-order valence-electron chi connectivity index (χ0n) is 10.6. The van der Waals surface area contributed by atoms with Crippen LogP contribution in [0.3, 0.4) is 0 Å². The second-order valence-electron chi connectivity index (χ2n) is 5.52. The third-order valence-corrected chi connectivity index (χ3v) is 3.01. The molecule has 0 aliphatic carbocycles. The zero-order chi connectivity index (χ0) is 12.5. The van der Waals surface area contributed by atoms with Crippen LogP contribution in [0.1, 0.15) is 26.3 Å². The molecule has 2 heterocycles. The van der Waals surface area contributed by atoms with Crippen molar-refractivity contribution in [2.24, 2.45) is 0 Å². The van der Waals surface area contributed by atoms with Gasteiger partial charge in [0, 0.05) is 25.5 Å². The number of rotatable bonds is 2. The zero-order valence-corrected chi connectivity index (χ0v) is 10.6. The summed E-state index contributed by atoms with van der Waals surface area (Å²) in [6.07, 6.45) is 3.30. The van der Waals surface area contributed by atoms with E-state index >= 15 is 0 Å². The van der Waals surface area contributed by atoms with Crippen LogP contribution < -0.4 is 10.6 Å². The van der Waals surface area contributed by atoms with Crippen molar-refractivity contribution in [1.82, 2.24) is 15.3 Å². The van der Waals surface area contributed by atoms with Crippen LogP contribution in [0.5, 0.6) is 0 Å². The highest BCUT2D eigenvalue weighted by molar-refractivity contribution is 5.29. The first-order valence-electron chi connectivity index (χ1n) is 5.94. The van der Waals surface area contributed by atoms with Crippen molar-refractivity contribution in [3.05, 3.63) is 18.0 Å². The summed E-state index contributed by atoms with van der Waals surface area (Å²) in [5.41, 5.74) is 1.17. The first-order chi connectivity index (χ1) is 7.97. The van der Waals surface area contributed by atoms with Gasteiger partial charge < -0.3 is 15.7 Å². The number of anilines is 1. The van der Waals surface area contributed by atoms with Crippen molar-refractivity contribution in [3.8, 4) is 0 Å². The van der Waals surface area contributed by atoms with Crippen molar-refractivity contribution in [2.75, 3.05) is 18.4 Å². The minimum Gasteiger partial charge on any atom is -0.390 e. The Labute approximate surface area is 102 Å². The maximum atomic E-state index is 9.65. The topological polar surface area (TPSA) is 70.1 Å². The van der Waals surface area contributed by atoms with Gasteiger partial charge in [0.2, 0.25) is 5.95 Å². The molecule has 0 amide bonds. The highest BCUT2D eigenvalue weighted by Crippen LogP contribution is 2.20. The maximum Gasteiger partial charge on any atom is 0.222 e. The van der Waals surface area contributed by atoms with Gasteiger partial charge in [-0.15, -0.1) is 0 Å². The van der Waals surface area contributed by atoms with Crippen LogP contribution in [0.15, 0.2) is 12.4 Å². The molecule has 17 heavy (non-hydrogen) atoms. The number of aromatic nitrogens is 2. The molecule has 2 unspecified atom stereocenters. The van der Waals surface area contributed by atoms with Gasteiger partial charge in [-0.2, -0.15) is 0 Å². The summed E-state index contributed by atoms with van der Waals surface area (Å²) < 4.78 is 0. The van der Waals surface area contributed by atoms with E-state index in [-0.39, 0.29) is 17.6 Å². The van der Waals surface area contributed by atoms with Gasteiger partial charge in [0.05, 0.1) is 12.1 Å². The highest BCUT2D eigenvalue weighted by Gasteiger charge is 2.25. The Morgan fingerprint density at radius 3 is 2.41 bits per heavy atom. The first-order valence-corrected chi connectivity index (χ1v) is 5.94. The average molecular weight is 236 g/mol. The lowest BCUT2D eigenvalue weighted by Gasteiger charge is -2.19. The molecule has 2 rings (SSSR count). The molecule has 5 heteroatoms. The van der Waals surface area contributed by atoms with Crippen molar-refractivity contribution in [2.45, 2.75) is 38.3 Å². The Kier molecular flexibility index (Phi) is 3.31. The van der Waals surface area contributed by atoms with Crippen LogP contribution in [0.25, 0.3) is 0 Å². The van der Waals surface area contributed by atoms with Crippen LogP contribution in [0.2, 0.25) is 0 Å². The fourth-order valence-electron chi connectivity index (χ4n) is 1.77. The van der Waals surface area contributed by atoms with Crippen LogP contribution in [0.4, 0.5) is 5.95 Å². The molecule has 0 aromatic carbocycles. The Morgan fingerprint density at radius 2 is 1.94 bits per heavy atom. The summed E-state index contributed by atoms with van der Waals surface area (Å²) >= 11 is 0. The second kappa shape index (κ2) is 4.58. The van der Waals surface area contributed by atoms with Crippen LogP contribution in [0, 0.1) is 0 Å². The van der Waals surface area contributed by atoms with Gasteiger partial charge in [-0.25, -0.2) is 9.97 Å². The van der Waals surface area contributed by atoms with E-state index in [0.29, 0.717) is 12.5 Å². The summed E-state index contributed by atoms with van der Waals surface area (Å²) in [5, 5.41) is 15.9. The SMILES string of the molecule is CC(C)(C)c1cnc(NC2CNCC2O)nc1. The molecule has 94 valence electrons. The lowest BCUT2D eigenvalue weighted by Crippen LogP contribution is -2.32. The van der Waals surface area contributed by atoms with E-state index in [9.17, 15) is 5.11 Å². The van der Waals surface area contributed by atoms with Crippen molar-refractivity contribution in [1.29, 1.82) is 0 Å². The third-order valence-electron chi connectivity index (χ3n) is 3.01. The largest absolute Gasteiger partial charge is 0.390 e. The Morgan fingerprint density at radius 1 is 1.29 bits per heavy atom. The summed E-state index contributed by atoms with van der Waals surface area (Å²) in [4.78, 5) is 8.56. The molecular weight excluding hydrogens is 216 g/mol. The van der Waals surface area contributed by atoms with E-state index in [0.717, 1.165) is 12.1 Å². The first kappa shape index (κ1) is 12.3. The molecule has 1 aromatic rings. The molecule has 2 atom stereocenters. The Balaban J connectivity index is 2.03. The molecule has 3 N–H and O–H groups in total. The fraction of sp³-hybridized carbons (Fsp3) is 0.667. The summed E-state index contributed by atoms with van der Waals surface area (Å²) in [7, 11) is 0. The number of β-amino-alcohol motifs (C(OH)–C–C–N with tert-alkyl or cyclic N) is 1. The number of aliphatic hydroxyl groups excluding tert-OH is 1. The van der Waals surface area contributed by atoms with Gasteiger partial charge >= 0.3 is 0 Å². The lowest BCUT2D eigenvalue weighted by atomic mass is 9.89. The summed E-state index contributed by atoms with van der Waals surface area (Å²) in [6.45, 7) is 7.75. The standard InChI is InChI=1S/C12H20N4O/c1-12(2,3)8-4-14-11(15-5-8)16-9-6-13-7-10(9)17/h4-5,9-10,13,17H,6-7H2,1-3H3,(H,14,15,16). The summed E-state index contributed by atoms with van der Waals surface area (Å²) in [5.74, 6) is 0.575. The molecule has 1 aromatic heterocycles. The predicted octanol–water partition coefficient (Wildman–Crippen LogP) is 0.519. The number of hydrogen-bond acceptors (Lipinski definition) is 5.